The number of alkyl halides is 9. The van der Waals surface area contributed by atoms with Crippen molar-refractivity contribution in [2.75, 3.05) is 20.1 Å². The van der Waals surface area contributed by atoms with Gasteiger partial charge in [-0.05, 0) is 29.3 Å². The van der Waals surface area contributed by atoms with E-state index in [-0.39, 0.29) is 0 Å². The average molecular weight is 613 g/mol. The predicted octanol–water partition coefficient (Wildman–Crippen LogP) is 7.90. The maximum Gasteiger partial charge on any atom is 0.417 e. The Bertz CT molecular complexity index is 1230. The first-order chi connectivity index (χ1) is 17.7. The Labute approximate surface area is 224 Å². The monoisotopic (exact) mass is 612 g/mol. The molecule has 0 fully saturated rings. The smallest absolute Gasteiger partial charge is 0.329 e. The lowest BCUT2D eigenvalue weighted by atomic mass is 9.95. The number of Topliss-reactive ketones (excluding diaryl/α,β-unsaturated/α-hetero) is 1. The van der Waals surface area contributed by atoms with Crippen LogP contribution in [0.5, 0.6) is 0 Å². The van der Waals surface area contributed by atoms with Crippen LogP contribution in [0.25, 0.3) is 6.08 Å². The van der Waals surface area contributed by atoms with Crippen LogP contribution in [0.4, 0.5) is 48.7 Å². The average Bonchev–Trinajstić information content (AvgIpc) is 2.78. The number of urea groups is 1. The summed E-state index contributed by atoms with van der Waals surface area (Å²) < 4.78 is 132. The maximum atomic E-state index is 13.7. The van der Waals surface area contributed by atoms with Gasteiger partial charge < -0.3 is 10.2 Å². The second kappa shape index (κ2) is 12.0. The van der Waals surface area contributed by atoms with Crippen molar-refractivity contribution in [2.24, 2.45) is 0 Å². The van der Waals surface area contributed by atoms with Crippen LogP contribution in [0.2, 0.25) is 10.0 Å². The number of hydrogen-bond donors (Lipinski definition) is 1. The van der Waals surface area contributed by atoms with E-state index in [0.29, 0.717) is 41.3 Å². The Balaban J connectivity index is 2.37. The largest absolute Gasteiger partial charge is 0.417 e. The van der Waals surface area contributed by atoms with Gasteiger partial charge in [0.2, 0.25) is 0 Å². The predicted molar refractivity (Wildman–Crippen MR) is 122 cm³/mol. The number of rotatable bonds is 7. The minimum atomic E-state index is -5.17. The second-order valence-corrected chi connectivity index (χ2v) is 8.85. The summed E-state index contributed by atoms with van der Waals surface area (Å²) in [7, 11) is 0.874. The number of nitrogens with one attached hydrogen (secondary N) is 1. The molecule has 0 bridgehead atoms. The van der Waals surface area contributed by atoms with Crippen molar-refractivity contribution in [1.82, 2.24) is 10.2 Å². The highest BCUT2D eigenvalue weighted by molar-refractivity contribution is 6.35. The van der Waals surface area contributed by atoms with Gasteiger partial charge in [-0.25, -0.2) is 9.18 Å². The van der Waals surface area contributed by atoms with Gasteiger partial charge >= 0.3 is 24.6 Å². The fourth-order valence-corrected chi connectivity index (χ4v) is 3.70. The SMILES string of the molecule is CN(CC(=O)c1ccc(/C=C/C(c2cc(Cl)c(F)c(Cl)c2)C(F)(F)F)cc1C(F)(F)F)C(=O)NCC(F)(F)F. The van der Waals surface area contributed by atoms with Gasteiger partial charge in [0.25, 0.3) is 0 Å². The third-order valence-electron chi connectivity index (χ3n) is 5.02. The summed E-state index contributed by atoms with van der Waals surface area (Å²) in [6.45, 7) is -2.78. The molecule has 2 rings (SSSR count). The summed E-state index contributed by atoms with van der Waals surface area (Å²) in [5.74, 6) is -4.91. The van der Waals surface area contributed by atoms with Crippen molar-refractivity contribution in [3.05, 3.63) is 74.5 Å². The zero-order valence-corrected chi connectivity index (χ0v) is 20.8. The fourth-order valence-electron chi connectivity index (χ4n) is 3.20. The van der Waals surface area contributed by atoms with E-state index in [1.165, 1.54) is 5.32 Å². The Morgan fingerprint density at radius 3 is 2.03 bits per heavy atom. The van der Waals surface area contributed by atoms with Crippen molar-refractivity contribution < 1.29 is 53.5 Å². The van der Waals surface area contributed by atoms with Crippen molar-refractivity contribution in [3.8, 4) is 0 Å². The van der Waals surface area contributed by atoms with E-state index in [1.54, 1.807) is 0 Å². The lowest BCUT2D eigenvalue weighted by molar-refractivity contribution is -0.139. The Morgan fingerprint density at radius 2 is 1.54 bits per heavy atom. The molecule has 2 amide bonds. The Hall–Kier alpha value is -3.00. The van der Waals surface area contributed by atoms with Crippen LogP contribution in [-0.4, -0.2) is 49.2 Å². The van der Waals surface area contributed by atoms with E-state index in [1.807, 2.05) is 0 Å². The highest BCUT2D eigenvalue weighted by atomic mass is 35.5. The maximum absolute atomic E-state index is 13.7. The molecule has 0 aliphatic rings. The van der Waals surface area contributed by atoms with E-state index < -0.39 is 87.5 Å². The van der Waals surface area contributed by atoms with E-state index in [2.05, 4.69) is 0 Å². The van der Waals surface area contributed by atoms with Crippen LogP contribution >= 0.6 is 23.2 Å². The summed E-state index contributed by atoms with van der Waals surface area (Å²) in [6, 6.07) is 1.87. The van der Waals surface area contributed by atoms with Crippen LogP contribution in [-0.2, 0) is 6.18 Å². The zero-order chi connectivity index (χ0) is 29.9. The normalized spacial score (nSPS) is 13.5. The highest BCUT2D eigenvalue weighted by Gasteiger charge is 2.40. The molecule has 4 nitrogen and oxygen atoms in total. The fraction of sp³-hybridized carbons (Fsp3) is 0.304. The first kappa shape index (κ1) is 32.2. The number of nitrogens with zero attached hydrogens (tertiary/aromatic N) is 1. The van der Waals surface area contributed by atoms with Gasteiger partial charge in [0.1, 0.15) is 6.54 Å². The minimum Gasteiger partial charge on any atom is -0.329 e. The summed E-state index contributed by atoms with van der Waals surface area (Å²) >= 11 is 11.1. The number of ketones is 1. The number of amides is 2. The molecule has 16 heteroatoms. The first-order valence-corrected chi connectivity index (χ1v) is 11.2. The molecule has 39 heavy (non-hydrogen) atoms. The van der Waals surface area contributed by atoms with Crippen molar-refractivity contribution in [2.45, 2.75) is 24.4 Å². The van der Waals surface area contributed by atoms with Gasteiger partial charge in [0, 0.05) is 12.6 Å². The van der Waals surface area contributed by atoms with Crippen molar-refractivity contribution in [1.29, 1.82) is 0 Å². The minimum absolute atomic E-state index is 0.380. The number of carbonyl (C=O) groups excluding carboxylic acids is 2. The van der Waals surface area contributed by atoms with Gasteiger partial charge in [-0.1, -0.05) is 47.5 Å². The van der Waals surface area contributed by atoms with Crippen molar-refractivity contribution in [3.63, 3.8) is 0 Å². The summed E-state index contributed by atoms with van der Waals surface area (Å²) in [6.07, 6.45) is -13.8. The quantitative estimate of drug-likeness (QED) is 0.196. The van der Waals surface area contributed by atoms with Crippen molar-refractivity contribution >= 4 is 41.1 Å². The summed E-state index contributed by atoms with van der Waals surface area (Å²) in [5.41, 5.74) is -3.54. The van der Waals surface area contributed by atoms with Crippen LogP contribution in [0.1, 0.15) is 33.0 Å². The van der Waals surface area contributed by atoms with E-state index in [0.717, 1.165) is 13.1 Å². The van der Waals surface area contributed by atoms with Crippen LogP contribution < -0.4 is 5.32 Å². The summed E-state index contributed by atoms with van der Waals surface area (Å²) in [4.78, 5) is 24.6. The molecule has 0 spiro atoms. The molecule has 1 unspecified atom stereocenters. The molecule has 0 aromatic heterocycles. The molecular formula is C23H16Cl2F10N2O2. The molecule has 1 atom stereocenters. The Kier molecular flexibility index (Phi) is 9.93. The third kappa shape index (κ3) is 9.02. The zero-order valence-electron chi connectivity index (χ0n) is 19.3. The number of benzene rings is 2. The van der Waals surface area contributed by atoms with Gasteiger partial charge in [-0.2, -0.15) is 39.5 Å². The number of carbonyl (C=O) groups is 2. The van der Waals surface area contributed by atoms with Gasteiger partial charge in [0.05, 0.1) is 28.1 Å². The standard InChI is InChI=1S/C23H16Cl2F10N2O2/c1-37(20(39)36-10-21(27,28)29)9-18(38)13-4-2-11(6-15(13)23(33,34)35)3-5-14(22(30,31)32)12-7-16(24)19(26)17(25)8-12/h2-8,14H,9-10H2,1H3,(H,36,39)/b5-3+. The van der Waals surface area contributed by atoms with Gasteiger partial charge in [-0.15, -0.1) is 0 Å². The third-order valence-corrected chi connectivity index (χ3v) is 5.57. The van der Waals surface area contributed by atoms with Crippen LogP contribution in [0.15, 0.2) is 36.4 Å². The number of likely N-dealkylation sites (N-methyl/N-ethyl adjacent to an activating group) is 1. The molecule has 0 aliphatic carbocycles. The molecule has 0 saturated carbocycles. The molecule has 0 aliphatic heterocycles. The number of halogens is 12. The van der Waals surface area contributed by atoms with E-state index in [4.69, 9.17) is 23.2 Å². The van der Waals surface area contributed by atoms with Crippen LogP contribution in [0.3, 0.4) is 0 Å². The molecular weight excluding hydrogens is 597 g/mol. The number of allylic oxidation sites excluding steroid dienone is 1. The topological polar surface area (TPSA) is 49.4 Å². The molecule has 0 heterocycles. The molecule has 2 aromatic carbocycles. The lowest BCUT2D eigenvalue weighted by Gasteiger charge is -2.20. The first-order valence-electron chi connectivity index (χ1n) is 10.4. The highest BCUT2D eigenvalue weighted by Crippen LogP contribution is 2.40. The van der Waals surface area contributed by atoms with Gasteiger partial charge in [-0.3, -0.25) is 4.79 Å². The molecule has 214 valence electrons. The van der Waals surface area contributed by atoms with E-state index in [9.17, 15) is 53.5 Å². The second-order valence-electron chi connectivity index (χ2n) is 8.03. The number of hydrogen-bond acceptors (Lipinski definition) is 2. The van der Waals surface area contributed by atoms with Gasteiger partial charge in [0.15, 0.2) is 11.6 Å². The molecule has 0 saturated heterocycles. The Morgan fingerprint density at radius 1 is 0.974 bits per heavy atom. The molecule has 0 radical (unpaired) electrons. The molecule has 1 N–H and O–H groups in total. The van der Waals surface area contributed by atoms with Crippen LogP contribution in [0, 0.1) is 5.82 Å². The lowest BCUT2D eigenvalue weighted by Crippen LogP contribution is -2.43. The molecule has 2 aromatic rings. The summed E-state index contributed by atoms with van der Waals surface area (Å²) in [5, 5.41) is 0.0275. The van der Waals surface area contributed by atoms with E-state index >= 15 is 0 Å².